The first-order valence-corrected chi connectivity index (χ1v) is 4.59. The van der Waals surface area contributed by atoms with Gasteiger partial charge in [-0.25, -0.2) is 4.98 Å². The number of nitrogens with two attached hydrogens (primary N) is 1. The van der Waals surface area contributed by atoms with Crippen LogP contribution in [-0.4, -0.2) is 29.9 Å². The highest BCUT2D eigenvalue weighted by Crippen LogP contribution is 2.31. The van der Waals surface area contributed by atoms with E-state index in [4.69, 9.17) is 5.73 Å². The lowest BCUT2D eigenvalue weighted by Crippen LogP contribution is -2.03. The number of tetrazole rings is 1. The highest BCUT2D eigenvalue weighted by atomic mass is 16.6. The maximum absolute atomic E-state index is 11.0. The van der Waals surface area contributed by atoms with E-state index in [1.54, 1.807) is 12.1 Å². The third kappa shape index (κ3) is 1.13. The zero-order chi connectivity index (χ0) is 12.0. The van der Waals surface area contributed by atoms with Gasteiger partial charge in [0.1, 0.15) is 5.69 Å². The molecular formula is C8H5N7O2. The van der Waals surface area contributed by atoms with Crippen LogP contribution in [0.2, 0.25) is 0 Å². The number of nitrogens with zero attached hydrogens (tertiary/aromatic N) is 6. The summed E-state index contributed by atoms with van der Waals surface area (Å²) < 4.78 is 1.20. The predicted octanol–water partition coefficient (Wildman–Crippen LogP) is 0.163. The Morgan fingerprint density at radius 3 is 3.00 bits per heavy atom. The number of pyridine rings is 2. The molecule has 0 radical (unpaired) electrons. The van der Waals surface area contributed by atoms with Crippen molar-refractivity contribution in [1.29, 1.82) is 0 Å². The maximum atomic E-state index is 11.0. The van der Waals surface area contributed by atoms with Gasteiger partial charge in [0.25, 0.3) is 5.65 Å². The van der Waals surface area contributed by atoms with Crippen LogP contribution < -0.4 is 5.73 Å². The standard InChI is InChI=1S/C8H5N7O2/c9-5-4-2-1-3-10-7(4)14-8(11-12-13-14)6(5)15(16)17/h1-3H,9H2. The van der Waals surface area contributed by atoms with Crippen molar-refractivity contribution in [3.8, 4) is 0 Å². The molecule has 0 aliphatic heterocycles. The topological polar surface area (TPSA) is 125 Å². The van der Waals surface area contributed by atoms with Gasteiger partial charge in [-0.05, 0) is 22.6 Å². The molecule has 3 heterocycles. The Labute approximate surface area is 93.0 Å². The van der Waals surface area contributed by atoms with Gasteiger partial charge < -0.3 is 5.73 Å². The minimum Gasteiger partial charge on any atom is -0.392 e. The van der Waals surface area contributed by atoms with Gasteiger partial charge in [-0.15, -0.1) is 5.10 Å². The first kappa shape index (κ1) is 9.39. The quantitative estimate of drug-likeness (QED) is 0.467. The average molecular weight is 231 g/mol. The molecule has 0 atom stereocenters. The van der Waals surface area contributed by atoms with Crippen LogP contribution in [0.3, 0.4) is 0 Å². The van der Waals surface area contributed by atoms with E-state index < -0.39 is 4.92 Å². The molecule has 9 nitrogen and oxygen atoms in total. The van der Waals surface area contributed by atoms with Crippen molar-refractivity contribution >= 4 is 28.1 Å². The summed E-state index contributed by atoms with van der Waals surface area (Å²) in [6, 6.07) is 3.27. The zero-order valence-electron chi connectivity index (χ0n) is 8.31. The molecule has 17 heavy (non-hydrogen) atoms. The molecule has 3 aromatic heterocycles. The molecule has 2 N–H and O–H groups in total. The SMILES string of the molecule is Nc1c([N+](=O)[O-])c2nnnn2c2ncccc12. The summed E-state index contributed by atoms with van der Waals surface area (Å²) in [6.45, 7) is 0. The second-order valence-electron chi connectivity index (χ2n) is 3.31. The van der Waals surface area contributed by atoms with Crippen molar-refractivity contribution in [2.75, 3.05) is 5.73 Å². The summed E-state index contributed by atoms with van der Waals surface area (Å²) in [5.41, 5.74) is 5.83. The summed E-state index contributed by atoms with van der Waals surface area (Å²) in [4.78, 5) is 14.4. The smallest absolute Gasteiger partial charge is 0.339 e. The lowest BCUT2D eigenvalue weighted by atomic mass is 10.2. The van der Waals surface area contributed by atoms with Crippen LogP contribution in [0.5, 0.6) is 0 Å². The minimum atomic E-state index is -0.604. The molecule has 0 aliphatic carbocycles. The molecular weight excluding hydrogens is 226 g/mol. The normalized spacial score (nSPS) is 11.1. The molecule has 0 saturated carbocycles. The third-order valence-electron chi connectivity index (χ3n) is 2.40. The minimum absolute atomic E-state index is 0.0143. The van der Waals surface area contributed by atoms with Crippen LogP contribution in [0.1, 0.15) is 0 Å². The molecule has 0 unspecified atom stereocenters. The van der Waals surface area contributed by atoms with E-state index in [2.05, 4.69) is 20.5 Å². The second-order valence-corrected chi connectivity index (χ2v) is 3.31. The zero-order valence-corrected chi connectivity index (χ0v) is 8.31. The molecule has 0 aliphatic rings. The Bertz CT molecular complexity index is 750. The molecule has 0 aromatic carbocycles. The lowest BCUT2D eigenvalue weighted by Gasteiger charge is -2.03. The summed E-state index contributed by atoms with van der Waals surface area (Å²) in [5.74, 6) is 0. The molecule has 0 saturated heterocycles. The van der Waals surface area contributed by atoms with Gasteiger partial charge in [0.2, 0.25) is 0 Å². The van der Waals surface area contributed by atoms with E-state index in [1.807, 2.05) is 0 Å². The van der Waals surface area contributed by atoms with Crippen LogP contribution in [0.25, 0.3) is 16.7 Å². The van der Waals surface area contributed by atoms with Gasteiger partial charge in [0.05, 0.1) is 4.92 Å². The van der Waals surface area contributed by atoms with Gasteiger partial charge in [-0.2, -0.15) is 4.52 Å². The van der Waals surface area contributed by atoms with Gasteiger partial charge >= 0.3 is 5.69 Å². The second kappa shape index (κ2) is 3.07. The lowest BCUT2D eigenvalue weighted by molar-refractivity contribution is -0.382. The van der Waals surface area contributed by atoms with Crippen molar-refractivity contribution in [2.24, 2.45) is 0 Å². The number of hydrogen-bond donors (Lipinski definition) is 1. The molecule has 0 fully saturated rings. The Hall–Kier alpha value is -2.84. The fourth-order valence-electron chi connectivity index (χ4n) is 1.68. The first-order chi connectivity index (χ1) is 8.20. The predicted molar refractivity (Wildman–Crippen MR) is 57.1 cm³/mol. The molecule has 0 amide bonds. The molecule has 0 bridgehead atoms. The third-order valence-corrected chi connectivity index (χ3v) is 2.40. The van der Waals surface area contributed by atoms with Crippen LogP contribution in [0, 0.1) is 10.1 Å². The van der Waals surface area contributed by atoms with Crippen LogP contribution in [-0.2, 0) is 0 Å². The Morgan fingerprint density at radius 2 is 2.24 bits per heavy atom. The highest BCUT2D eigenvalue weighted by Gasteiger charge is 2.24. The van der Waals surface area contributed by atoms with Crippen molar-refractivity contribution in [3.05, 3.63) is 28.4 Å². The number of aromatic nitrogens is 5. The number of fused-ring (bicyclic) bond motifs is 3. The number of nitrogen functional groups attached to an aromatic ring is 1. The van der Waals surface area contributed by atoms with E-state index in [-0.39, 0.29) is 17.0 Å². The Balaban J connectivity index is 2.65. The maximum Gasteiger partial charge on any atom is 0.339 e. The van der Waals surface area contributed by atoms with Gasteiger partial charge in [-0.3, -0.25) is 10.1 Å². The van der Waals surface area contributed by atoms with E-state index in [9.17, 15) is 10.1 Å². The summed E-state index contributed by atoms with van der Waals surface area (Å²) in [5, 5.41) is 22.1. The summed E-state index contributed by atoms with van der Waals surface area (Å²) in [6.07, 6.45) is 1.54. The largest absolute Gasteiger partial charge is 0.392 e. The monoisotopic (exact) mass is 231 g/mol. The highest BCUT2D eigenvalue weighted by molar-refractivity contribution is 5.97. The number of nitro groups is 1. The first-order valence-electron chi connectivity index (χ1n) is 4.59. The number of rotatable bonds is 1. The number of hydrogen-bond acceptors (Lipinski definition) is 7. The van der Waals surface area contributed by atoms with Gasteiger partial charge in [0.15, 0.2) is 5.65 Å². The number of anilines is 1. The average Bonchev–Trinajstić information content (AvgIpc) is 2.78. The van der Waals surface area contributed by atoms with E-state index in [0.29, 0.717) is 11.0 Å². The Morgan fingerprint density at radius 1 is 1.41 bits per heavy atom. The van der Waals surface area contributed by atoms with Crippen LogP contribution in [0.15, 0.2) is 18.3 Å². The summed E-state index contributed by atoms with van der Waals surface area (Å²) >= 11 is 0. The van der Waals surface area contributed by atoms with E-state index >= 15 is 0 Å². The molecule has 0 spiro atoms. The Kier molecular flexibility index (Phi) is 1.70. The van der Waals surface area contributed by atoms with Crippen LogP contribution in [0.4, 0.5) is 11.4 Å². The van der Waals surface area contributed by atoms with Crippen molar-refractivity contribution in [2.45, 2.75) is 0 Å². The van der Waals surface area contributed by atoms with Crippen molar-refractivity contribution in [1.82, 2.24) is 25.0 Å². The van der Waals surface area contributed by atoms with Gasteiger partial charge in [-0.1, -0.05) is 0 Å². The van der Waals surface area contributed by atoms with E-state index in [1.165, 1.54) is 10.7 Å². The van der Waals surface area contributed by atoms with Crippen LogP contribution >= 0.6 is 0 Å². The molecule has 9 heteroatoms. The summed E-state index contributed by atoms with van der Waals surface area (Å²) in [7, 11) is 0. The van der Waals surface area contributed by atoms with Gasteiger partial charge in [0, 0.05) is 11.6 Å². The fraction of sp³-hybridized carbons (Fsp3) is 0. The molecule has 84 valence electrons. The molecule has 3 rings (SSSR count). The fourth-order valence-corrected chi connectivity index (χ4v) is 1.68. The van der Waals surface area contributed by atoms with Crippen molar-refractivity contribution < 1.29 is 4.92 Å². The van der Waals surface area contributed by atoms with E-state index in [0.717, 1.165) is 0 Å². The van der Waals surface area contributed by atoms with Crippen molar-refractivity contribution in [3.63, 3.8) is 0 Å². The molecule has 3 aromatic rings.